The van der Waals surface area contributed by atoms with Crippen LogP contribution in [-0.4, -0.2) is 23.4 Å². The third-order valence-electron chi connectivity index (χ3n) is 4.04. The number of anilines is 1. The van der Waals surface area contributed by atoms with Gasteiger partial charge in [0.15, 0.2) is 0 Å². The maximum absolute atomic E-state index is 12.7. The predicted octanol–water partition coefficient (Wildman–Crippen LogP) is 3.66. The minimum absolute atomic E-state index is 0.0891. The van der Waals surface area contributed by atoms with E-state index >= 15 is 0 Å². The Morgan fingerprint density at radius 3 is 2.24 bits per heavy atom. The van der Waals surface area contributed by atoms with Crippen LogP contribution in [0.2, 0.25) is 0 Å². The molecule has 2 aromatic rings. The van der Waals surface area contributed by atoms with Gasteiger partial charge in [-0.25, -0.2) is 0 Å². The summed E-state index contributed by atoms with van der Waals surface area (Å²) in [5.74, 6) is 0.0891. The molecule has 0 saturated carbocycles. The monoisotopic (exact) mass is 284 g/mol. The van der Waals surface area contributed by atoms with Gasteiger partial charge in [0.25, 0.3) is 0 Å². The maximum Gasteiger partial charge on any atom is 0.209 e. The summed E-state index contributed by atoms with van der Waals surface area (Å²) in [5, 5.41) is 0. The summed E-state index contributed by atoms with van der Waals surface area (Å²) in [6.45, 7) is 8.33. The zero-order valence-corrected chi connectivity index (χ0v) is 13.4. The van der Waals surface area contributed by atoms with Gasteiger partial charge in [-0.15, -0.1) is 0 Å². The van der Waals surface area contributed by atoms with Crippen molar-refractivity contribution in [2.75, 3.05) is 18.0 Å². The molecule has 0 radical (unpaired) electrons. The van der Waals surface area contributed by atoms with Gasteiger partial charge < -0.3 is 9.47 Å². The molecule has 1 aromatic heterocycles. The first-order valence-electron chi connectivity index (χ1n) is 7.67. The van der Waals surface area contributed by atoms with E-state index in [0.717, 1.165) is 30.8 Å². The van der Waals surface area contributed by atoms with Gasteiger partial charge in [-0.2, -0.15) is 0 Å². The van der Waals surface area contributed by atoms with Crippen LogP contribution in [0.4, 0.5) is 5.69 Å². The summed E-state index contributed by atoms with van der Waals surface area (Å²) < 4.78 is 2.04. The van der Waals surface area contributed by atoms with Crippen molar-refractivity contribution in [3.63, 3.8) is 0 Å². The molecule has 0 aliphatic heterocycles. The third kappa shape index (κ3) is 2.87. The van der Waals surface area contributed by atoms with Crippen LogP contribution < -0.4 is 4.90 Å². The van der Waals surface area contributed by atoms with Gasteiger partial charge in [0, 0.05) is 31.4 Å². The highest BCUT2D eigenvalue weighted by Gasteiger charge is 2.20. The van der Waals surface area contributed by atoms with Crippen molar-refractivity contribution in [3.05, 3.63) is 53.3 Å². The van der Waals surface area contributed by atoms with Crippen molar-refractivity contribution >= 4 is 11.5 Å². The average molecular weight is 284 g/mol. The molecule has 0 saturated heterocycles. The van der Waals surface area contributed by atoms with Crippen molar-refractivity contribution in [3.8, 4) is 0 Å². The molecule has 3 nitrogen and oxygen atoms in total. The topological polar surface area (TPSA) is 25.2 Å². The molecular formula is C18H24N2O. The lowest BCUT2D eigenvalue weighted by Crippen LogP contribution is -2.22. The first-order valence-corrected chi connectivity index (χ1v) is 7.67. The van der Waals surface area contributed by atoms with Gasteiger partial charge in [-0.3, -0.25) is 4.79 Å². The molecule has 0 unspecified atom stereocenters. The summed E-state index contributed by atoms with van der Waals surface area (Å²) in [6.07, 6.45) is 0.921. The lowest BCUT2D eigenvalue weighted by Gasteiger charge is -2.21. The lowest BCUT2D eigenvalue weighted by atomic mass is 10.1. The van der Waals surface area contributed by atoms with Crippen molar-refractivity contribution in [1.29, 1.82) is 0 Å². The highest BCUT2D eigenvalue weighted by atomic mass is 16.1. The van der Waals surface area contributed by atoms with Gasteiger partial charge in [-0.05, 0) is 26.3 Å². The van der Waals surface area contributed by atoms with Crippen LogP contribution in [0.15, 0.2) is 36.4 Å². The Hall–Kier alpha value is -2.03. The van der Waals surface area contributed by atoms with Crippen molar-refractivity contribution in [2.45, 2.75) is 27.2 Å². The van der Waals surface area contributed by atoms with Crippen LogP contribution in [0, 0.1) is 0 Å². The quantitative estimate of drug-likeness (QED) is 0.756. The smallest absolute Gasteiger partial charge is 0.209 e. The number of hydrogen-bond donors (Lipinski definition) is 0. The van der Waals surface area contributed by atoms with Crippen LogP contribution in [0.5, 0.6) is 0 Å². The van der Waals surface area contributed by atoms with E-state index in [1.807, 2.05) is 48.0 Å². The lowest BCUT2D eigenvalue weighted by molar-refractivity contribution is 0.103. The first kappa shape index (κ1) is 15.4. The Balaban J connectivity index is 2.48. The Labute approximate surface area is 127 Å². The molecular weight excluding hydrogens is 260 g/mol. The van der Waals surface area contributed by atoms with Crippen molar-refractivity contribution in [2.24, 2.45) is 7.05 Å². The van der Waals surface area contributed by atoms with Crippen LogP contribution in [0.1, 0.15) is 42.5 Å². The van der Waals surface area contributed by atoms with E-state index in [9.17, 15) is 4.79 Å². The first-order chi connectivity index (χ1) is 10.1. The van der Waals surface area contributed by atoms with Gasteiger partial charge >= 0.3 is 0 Å². The van der Waals surface area contributed by atoms with Crippen LogP contribution in [-0.2, 0) is 13.5 Å². The molecule has 0 aliphatic carbocycles. The molecule has 0 bridgehead atoms. The molecule has 0 N–H and O–H groups in total. The molecule has 3 heteroatoms. The molecule has 112 valence electrons. The van der Waals surface area contributed by atoms with Crippen molar-refractivity contribution < 1.29 is 4.79 Å². The van der Waals surface area contributed by atoms with Gasteiger partial charge in [0.1, 0.15) is 0 Å². The number of carbonyl (C=O) groups excluding carboxylic acids is 1. The highest BCUT2D eigenvalue weighted by molar-refractivity contribution is 6.08. The third-order valence-corrected chi connectivity index (χ3v) is 4.04. The summed E-state index contributed by atoms with van der Waals surface area (Å²) in [5.41, 5.74) is 3.91. The van der Waals surface area contributed by atoms with Crippen molar-refractivity contribution in [1.82, 2.24) is 4.57 Å². The van der Waals surface area contributed by atoms with Gasteiger partial charge in [-0.1, -0.05) is 37.3 Å². The van der Waals surface area contributed by atoms with E-state index in [4.69, 9.17) is 0 Å². The Bertz CT molecular complexity index is 610. The van der Waals surface area contributed by atoms with E-state index < -0.39 is 0 Å². The number of hydrogen-bond acceptors (Lipinski definition) is 2. The Morgan fingerprint density at radius 2 is 1.71 bits per heavy atom. The zero-order chi connectivity index (χ0) is 15.4. The fourth-order valence-corrected chi connectivity index (χ4v) is 2.84. The number of rotatable bonds is 6. The van der Waals surface area contributed by atoms with E-state index in [0.29, 0.717) is 0 Å². The molecule has 21 heavy (non-hydrogen) atoms. The van der Waals surface area contributed by atoms with E-state index in [2.05, 4.69) is 25.7 Å². The second-order valence-corrected chi connectivity index (χ2v) is 5.14. The normalized spacial score (nSPS) is 10.7. The number of nitrogens with zero attached hydrogens (tertiary/aromatic N) is 2. The summed E-state index contributed by atoms with van der Waals surface area (Å²) in [6, 6.07) is 11.5. The summed E-state index contributed by atoms with van der Waals surface area (Å²) in [7, 11) is 1.99. The molecule has 0 spiro atoms. The van der Waals surface area contributed by atoms with Crippen LogP contribution in [0.25, 0.3) is 0 Å². The van der Waals surface area contributed by atoms with Crippen LogP contribution in [0.3, 0.4) is 0 Å². The predicted molar refractivity (Wildman–Crippen MR) is 88.2 cm³/mol. The van der Waals surface area contributed by atoms with Gasteiger partial charge in [0.05, 0.1) is 11.4 Å². The second-order valence-electron chi connectivity index (χ2n) is 5.14. The number of carbonyl (C=O) groups is 1. The minimum atomic E-state index is 0.0891. The zero-order valence-electron chi connectivity index (χ0n) is 13.4. The minimum Gasteiger partial charge on any atom is -0.371 e. The Morgan fingerprint density at radius 1 is 1.10 bits per heavy atom. The summed E-state index contributed by atoms with van der Waals surface area (Å²) in [4.78, 5) is 15.0. The molecule has 0 aliphatic rings. The molecule has 0 fully saturated rings. The van der Waals surface area contributed by atoms with E-state index in [-0.39, 0.29) is 5.78 Å². The maximum atomic E-state index is 12.7. The SMILES string of the molecule is CCc1c(N(CC)CC)cc(C(=O)c2ccccc2)n1C. The Kier molecular flexibility index (Phi) is 4.84. The summed E-state index contributed by atoms with van der Waals surface area (Å²) >= 11 is 0. The van der Waals surface area contributed by atoms with Gasteiger partial charge in [0.2, 0.25) is 5.78 Å². The van der Waals surface area contributed by atoms with Crippen LogP contribution >= 0.6 is 0 Å². The number of aromatic nitrogens is 1. The second kappa shape index (κ2) is 6.61. The molecule has 1 aromatic carbocycles. The molecule has 0 amide bonds. The number of benzene rings is 1. The fraction of sp³-hybridized carbons (Fsp3) is 0.389. The van der Waals surface area contributed by atoms with E-state index in [1.165, 1.54) is 11.4 Å². The average Bonchev–Trinajstić information content (AvgIpc) is 2.85. The molecule has 0 atom stereocenters. The van der Waals surface area contributed by atoms with E-state index in [1.54, 1.807) is 0 Å². The standard InChI is InChI=1S/C18H24N2O/c1-5-15-16(20(6-2)7-3)13-17(19(15)4)18(21)14-11-9-8-10-12-14/h8-13H,5-7H2,1-4H3. The fourth-order valence-electron chi connectivity index (χ4n) is 2.84. The number of ketones is 1. The molecule has 1 heterocycles. The molecule has 2 rings (SSSR count). The largest absolute Gasteiger partial charge is 0.371 e. The highest BCUT2D eigenvalue weighted by Crippen LogP contribution is 2.26.